The van der Waals surface area contributed by atoms with Crippen LogP contribution in [-0.2, 0) is 0 Å². The van der Waals surface area contributed by atoms with Crippen LogP contribution in [0, 0.1) is 6.92 Å². The van der Waals surface area contributed by atoms with E-state index in [0.29, 0.717) is 16.4 Å². The van der Waals surface area contributed by atoms with Crippen molar-refractivity contribution in [2.45, 2.75) is 17.5 Å². The van der Waals surface area contributed by atoms with Crippen LogP contribution in [0.2, 0.25) is 0 Å². The van der Waals surface area contributed by atoms with Gasteiger partial charge in [-0.05, 0) is 25.3 Å². The highest BCUT2D eigenvalue weighted by molar-refractivity contribution is 7.98. The molecule has 0 amide bonds. The van der Waals surface area contributed by atoms with E-state index >= 15 is 0 Å². The summed E-state index contributed by atoms with van der Waals surface area (Å²) in [5.41, 5.74) is 2.17. The zero-order valence-electron chi connectivity index (χ0n) is 10.6. The Morgan fingerprint density at radius 3 is 2.84 bits per heavy atom. The van der Waals surface area contributed by atoms with E-state index in [9.17, 15) is 4.79 Å². The number of benzene rings is 1. The average molecular weight is 293 g/mol. The molecule has 1 aromatic heterocycles. The Morgan fingerprint density at radius 1 is 1.37 bits per heavy atom. The fourth-order valence-electron chi connectivity index (χ4n) is 1.67. The summed E-state index contributed by atoms with van der Waals surface area (Å²) in [5.74, 6) is -0.142. The van der Waals surface area contributed by atoms with Gasteiger partial charge in [0, 0.05) is 11.8 Å². The first-order chi connectivity index (χ1) is 9.11. The molecule has 0 fully saturated rings. The van der Waals surface area contributed by atoms with Gasteiger partial charge in [0.1, 0.15) is 5.38 Å². The highest BCUT2D eigenvalue weighted by Gasteiger charge is 2.21. The molecule has 0 saturated carbocycles. The zero-order valence-corrected chi connectivity index (χ0v) is 12.2. The van der Waals surface area contributed by atoms with Crippen LogP contribution in [0.5, 0.6) is 0 Å². The topological polar surface area (TPSA) is 42.9 Å². The largest absolute Gasteiger partial charge is 0.292 e. The van der Waals surface area contributed by atoms with Gasteiger partial charge in [0.25, 0.3) is 0 Å². The molecule has 3 nitrogen and oxygen atoms in total. The molecule has 0 aliphatic heterocycles. The molecule has 2 rings (SSSR count). The Balaban J connectivity index is 2.28. The zero-order chi connectivity index (χ0) is 13.8. The number of aryl methyl sites for hydroxylation is 1. The van der Waals surface area contributed by atoms with Gasteiger partial charge < -0.3 is 0 Å². The van der Waals surface area contributed by atoms with Gasteiger partial charge in [-0.2, -0.15) is 0 Å². The number of hydrogen-bond donors (Lipinski definition) is 0. The highest BCUT2D eigenvalue weighted by Crippen LogP contribution is 2.24. The van der Waals surface area contributed by atoms with Crippen LogP contribution in [0.4, 0.5) is 0 Å². The van der Waals surface area contributed by atoms with E-state index in [-0.39, 0.29) is 5.78 Å². The molecule has 0 radical (unpaired) electrons. The summed E-state index contributed by atoms with van der Waals surface area (Å²) >= 11 is 7.64. The highest BCUT2D eigenvalue weighted by atomic mass is 35.5. The summed E-state index contributed by atoms with van der Waals surface area (Å²) < 4.78 is 0. The van der Waals surface area contributed by atoms with Crippen LogP contribution in [0.3, 0.4) is 0 Å². The maximum Gasteiger partial charge on any atom is 0.187 e. The molecular formula is C14H13ClN2OS. The quantitative estimate of drug-likeness (QED) is 0.373. The third-order valence-electron chi connectivity index (χ3n) is 2.63. The first-order valence-corrected chi connectivity index (χ1v) is 7.40. The third kappa shape index (κ3) is 3.33. The number of nitrogens with zero attached hydrogens (tertiary/aromatic N) is 2. The number of ketones is 1. The molecule has 1 heterocycles. The van der Waals surface area contributed by atoms with Crippen molar-refractivity contribution >= 4 is 29.1 Å². The van der Waals surface area contributed by atoms with Crippen molar-refractivity contribution in [3.05, 3.63) is 53.3 Å². The van der Waals surface area contributed by atoms with Crippen molar-refractivity contribution in [3.63, 3.8) is 0 Å². The molecule has 0 aliphatic carbocycles. The minimum absolute atomic E-state index is 0.142. The predicted molar refractivity (Wildman–Crippen MR) is 77.9 cm³/mol. The van der Waals surface area contributed by atoms with Crippen LogP contribution in [0.15, 0.2) is 41.7 Å². The number of alkyl halides is 1. The van der Waals surface area contributed by atoms with Crippen molar-refractivity contribution in [1.82, 2.24) is 9.97 Å². The first kappa shape index (κ1) is 14.0. The second-order valence-electron chi connectivity index (χ2n) is 4.06. The second kappa shape index (κ2) is 6.17. The number of hydrogen-bond acceptors (Lipinski definition) is 4. The Hall–Kier alpha value is -1.39. The maximum atomic E-state index is 12.3. The van der Waals surface area contributed by atoms with Crippen molar-refractivity contribution in [1.29, 1.82) is 0 Å². The molecule has 1 unspecified atom stereocenters. The molecule has 0 spiro atoms. The van der Waals surface area contributed by atoms with Crippen LogP contribution < -0.4 is 0 Å². The van der Waals surface area contributed by atoms with Gasteiger partial charge in [0.15, 0.2) is 10.9 Å². The van der Waals surface area contributed by atoms with Gasteiger partial charge in [0.05, 0.1) is 5.69 Å². The smallest absolute Gasteiger partial charge is 0.187 e. The van der Waals surface area contributed by atoms with Gasteiger partial charge in [-0.1, -0.05) is 35.5 Å². The fraction of sp³-hybridized carbons (Fsp3) is 0.214. The average Bonchev–Trinajstić information content (AvgIpc) is 2.45. The fourth-order valence-corrected chi connectivity index (χ4v) is 2.28. The molecule has 19 heavy (non-hydrogen) atoms. The molecule has 0 N–H and O–H groups in total. The number of rotatable bonds is 4. The van der Waals surface area contributed by atoms with E-state index in [1.54, 1.807) is 18.3 Å². The number of aromatic nitrogens is 2. The van der Waals surface area contributed by atoms with E-state index in [0.717, 1.165) is 5.56 Å². The van der Waals surface area contributed by atoms with Crippen molar-refractivity contribution in [3.8, 4) is 0 Å². The number of carbonyl (C=O) groups is 1. The Labute approximate surface area is 121 Å². The van der Waals surface area contributed by atoms with Gasteiger partial charge in [-0.15, -0.1) is 11.6 Å². The van der Waals surface area contributed by atoms with E-state index in [4.69, 9.17) is 11.6 Å². The Morgan fingerprint density at radius 2 is 2.16 bits per heavy atom. The molecule has 1 aromatic carbocycles. The maximum absolute atomic E-state index is 12.3. The number of Topliss-reactive ketones (excluding diaryl/α,β-unsaturated/α-hetero) is 1. The van der Waals surface area contributed by atoms with E-state index < -0.39 is 5.38 Å². The summed E-state index contributed by atoms with van der Waals surface area (Å²) in [7, 11) is 0. The molecule has 1 atom stereocenters. The predicted octanol–water partition coefficient (Wildman–Crippen LogP) is 3.67. The molecular weight excluding hydrogens is 280 g/mol. The summed E-state index contributed by atoms with van der Waals surface area (Å²) in [4.78, 5) is 20.6. The van der Waals surface area contributed by atoms with E-state index in [1.165, 1.54) is 11.8 Å². The molecule has 2 aromatic rings. The Bertz CT molecular complexity index is 604. The molecule has 0 bridgehead atoms. The molecule has 5 heteroatoms. The van der Waals surface area contributed by atoms with Gasteiger partial charge in [-0.3, -0.25) is 4.79 Å². The summed E-state index contributed by atoms with van der Waals surface area (Å²) in [5, 5.41) is -0.170. The molecule has 98 valence electrons. The standard InChI is InChI=1S/C14H13ClN2OS/c1-9-4-3-5-10(8-9)13(18)12(15)11-6-7-16-14(17-11)19-2/h3-8,12H,1-2H3. The normalized spacial score (nSPS) is 12.2. The van der Waals surface area contributed by atoms with E-state index in [2.05, 4.69) is 9.97 Å². The summed E-state index contributed by atoms with van der Waals surface area (Å²) in [6.45, 7) is 1.94. The van der Waals surface area contributed by atoms with Crippen molar-refractivity contribution in [2.24, 2.45) is 0 Å². The van der Waals surface area contributed by atoms with Gasteiger partial charge in [-0.25, -0.2) is 9.97 Å². The van der Waals surface area contributed by atoms with Crippen molar-refractivity contribution in [2.75, 3.05) is 6.26 Å². The second-order valence-corrected chi connectivity index (χ2v) is 5.27. The van der Waals surface area contributed by atoms with Crippen LogP contribution in [0.1, 0.15) is 27.0 Å². The number of thioether (sulfide) groups is 1. The number of carbonyl (C=O) groups excluding carboxylic acids is 1. The Kier molecular flexibility index (Phi) is 4.56. The van der Waals surface area contributed by atoms with Crippen LogP contribution in [0.25, 0.3) is 0 Å². The molecule has 0 aliphatic rings. The monoisotopic (exact) mass is 292 g/mol. The van der Waals surface area contributed by atoms with Crippen LogP contribution in [-0.4, -0.2) is 22.0 Å². The lowest BCUT2D eigenvalue weighted by Gasteiger charge is -2.09. The molecule has 0 saturated heterocycles. The van der Waals surface area contributed by atoms with Gasteiger partial charge >= 0.3 is 0 Å². The lowest BCUT2D eigenvalue weighted by atomic mass is 10.0. The van der Waals surface area contributed by atoms with Crippen LogP contribution >= 0.6 is 23.4 Å². The lowest BCUT2D eigenvalue weighted by molar-refractivity contribution is 0.0985. The number of halogens is 1. The minimum Gasteiger partial charge on any atom is -0.292 e. The van der Waals surface area contributed by atoms with Crippen molar-refractivity contribution < 1.29 is 4.79 Å². The lowest BCUT2D eigenvalue weighted by Crippen LogP contribution is -2.10. The summed E-state index contributed by atoms with van der Waals surface area (Å²) in [6.07, 6.45) is 3.50. The minimum atomic E-state index is -0.782. The first-order valence-electron chi connectivity index (χ1n) is 5.73. The summed E-state index contributed by atoms with van der Waals surface area (Å²) in [6, 6.07) is 9.05. The third-order valence-corrected chi connectivity index (χ3v) is 3.61. The SMILES string of the molecule is CSc1nccc(C(Cl)C(=O)c2cccc(C)c2)n1. The van der Waals surface area contributed by atoms with Gasteiger partial charge in [0.2, 0.25) is 0 Å². The van der Waals surface area contributed by atoms with E-state index in [1.807, 2.05) is 31.4 Å².